The zero-order valence-electron chi connectivity index (χ0n) is 17.5. The monoisotopic (exact) mass is 454 g/mol. The highest BCUT2D eigenvalue weighted by Gasteiger charge is 2.19. The molecule has 31 heavy (non-hydrogen) atoms. The summed E-state index contributed by atoms with van der Waals surface area (Å²) in [6.45, 7) is 5.92. The molecule has 0 aliphatic carbocycles. The fourth-order valence-corrected chi connectivity index (χ4v) is 4.09. The zero-order chi connectivity index (χ0) is 22.3. The van der Waals surface area contributed by atoms with E-state index < -0.39 is 0 Å². The number of nitrogens with zero attached hydrogens (tertiary/aromatic N) is 1. The number of aryl methyl sites for hydroxylation is 3. The molecule has 7 heteroatoms. The van der Waals surface area contributed by atoms with Crippen molar-refractivity contribution in [1.82, 2.24) is 4.98 Å². The predicted octanol–water partition coefficient (Wildman–Crippen LogP) is 6.99. The van der Waals surface area contributed by atoms with Gasteiger partial charge in [0.15, 0.2) is 5.58 Å². The molecule has 4 rings (SSSR count). The van der Waals surface area contributed by atoms with Crippen LogP contribution in [0.5, 0.6) is 5.75 Å². The van der Waals surface area contributed by atoms with Gasteiger partial charge in [0.25, 0.3) is 5.91 Å². The number of amides is 1. The van der Waals surface area contributed by atoms with Crippen molar-refractivity contribution in [2.75, 3.05) is 12.4 Å². The smallest absolute Gasteiger partial charge is 0.259 e. The molecular weight excluding hydrogens is 435 g/mol. The Bertz CT molecular complexity index is 1330. The molecule has 5 nitrogen and oxygen atoms in total. The Morgan fingerprint density at radius 3 is 2.55 bits per heavy atom. The van der Waals surface area contributed by atoms with Crippen LogP contribution in [0, 0.1) is 20.8 Å². The Morgan fingerprint density at radius 1 is 1.03 bits per heavy atom. The van der Waals surface area contributed by atoms with Crippen LogP contribution < -0.4 is 10.1 Å². The maximum absolute atomic E-state index is 13.0. The van der Waals surface area contributed by atoms with Gasteiger partial charge in [0.2, 0.25) is 5.89 Å². The first kappa shape index (κ1) is 21.2. The molecule has 0 aliphatic heterocycles. The van der Waals surface area contributed by atoms with Crippen molar-refractivity contribution in [3.8, 4) is 17.2 Å². The maximum atomic E-state index is 13.0. The molecule has 4 aromatic rings. The van der Waals surface area contributed by atoms with Crippen LogP contribution in [0.15, 0.2) is 46.9 Å². The van der Waals surface area contributed by atoms with Gasteiger partial charge in [-0.25, -0.2) is 4.98 Å². The first-order chi connectivity index (χ1) is 14.8. The van der Waals surface area contributed by atoms with Crippen LogP contribution in [0.4, 0.5) is 5.69 Å². The number of oxazole rings is 1. The van der Waals surface area contributed by atoms with E-state index in [9.17, 15) is 4.79 Å². The summed E-state index contributed by atoms with van der Waals surface area (Å²) in [7, 11) is 1.45. The summed E-state index contributed by atoms with van der Waals surface area (Å²) in [4.78, 5) is 17.6. The summed E-state index contributed by atoms with van der Waals surface area (Å²) in [5.41, 5.74) is 6.21. The molecule has 1 N–H and O–H groups in total. The molecule has 0 spiro atoms. The minimum Gasteiger partial charge on any atom is -0.494 e. The largest absolute Gasteiger partial charge is 0.494 e. The van der Waals surface area contributed by atoms with Gasteiger partial charge in [0.1, 0.15) is 11.3 Å². The molecule has 3 aromatic carbocycles. The summed E-state index contributed by atoms with van der Waals surface area (Å²) in [5, 5.41) is 3.53. The number of carbonyl (C=O) groups excluding carboxylic acids is 1. The number of fused-ring (bicyclic) bond motifs is 1. The Hall–Kier alpha value is -3.02. The zero-order valence-corrected chi connectivity index (χ0v) is 19.0. The normalized spacial score (nSPS) is 11.0. The third kappa shape index (κ3) is 4.11. The number of methoxy groups -OCH3 is 1. The topological polar surface area (TPSA) is 64.4 Å². The number of ether oxygens (including phenoxy) is 1. The Kier molecular flexibility index (Phi) is 5.65. The van der Waals surface area contributed by atoms with Gasteiger partial charge in [-0.15, -0.1) is 0 Å². The molecule has 0 radical (unpaired) electrons. The second kappa shape index (κ2) is 8.25. The minimum atomic E-state index is -0.384. The summed E-state index contributed by atoms with van der Waals surface area (Å²) < 4.78 is 11.3. The molecule has 0 saturated carbocycles. The Balaban J connectivity index is 1.71. The molecule has 1 amide bonds. The van der Waals surface area contributed by atoms with E-state index in [0.29, 0.717) is 16.6 Å². The van der Waals surface area contributed by atoms with Crippen molar-refractivity contribution >= 4 is 45.9 Å². The molecule has 0 atom stereocenters. The van der Waals surface area contributed by atoms with Crippen molar-refractivity contribution in [2.45, 2.75) is 20.8 Å². The molecule has 0 aliphatic rings. The van der Waals surface area contributed by atoms with Crippen LogP contribution in [0.2, 0.25) is 10.0 Å². The predicted molar refractivity (Wildman–Crippen MR) is 125 cm³/mol. The first-order valence-electron chi connectivity index (χ1n) is 9.60. The van der Waals surface area contributed by atoms with E-state index in [1.165, 1.54) is 19.2 Å². The molecule has 0 bridgehead atoms. The van der Waals surface area contributed by atoms with Crippen LogP contribution in [-0.2, 0) is 0 Å². The lowest BCUT2D eigenvalue weighted by molar-refractivity contribution is 0.102. The summed E-state index contributed by atoms with van der Waals surface area (Å²) in [5.74, 6) is 0.371. The molecule has 1 aromatic heterocycles. The van der Waals surface area contributed by atoms with Gasteiger partial charge in [-0.2, -0.15) is 0 Å². The highest BCUT2D eigenvalue weighted by atomic mass is 35.5. The van der Waals surface area contributed by atoms with Crippen molar-refractivity contribution in [3.63, 3.8) is 0 Å². The third-order valence-electron chi connectivity index (χ3n) is 5.01. The maximum Gasteiger partial charge on any atom is 0.259 e. The van der Waals surface area contributed by atoms with Crippen molar-refractivity contribution in [1.29, 1.82) is 0 Å². The van der Waals surface area contributed by atoms with Gasteiger partial charge < -0.3 is 14.5 Å². The van der Waals surface area contributed by atoms with E-state index in [1.54, 1.807) is 0 Å². The van der Waals surface area contributed by atoms with Gasteiger partial charge in [-0.3, -0.25) is 4.79 Å². The van der Waals surface area contributed by atoms with Crippen LogP contribution in [0.25, 0.3) is 22.6 Å². The van der Waals surface area contributed by atoms with Gasteiger partial charge in [0, 0.05) is 16.3 Å². The highest BCUT2D eigenvalue weighted by molar-refractivity contribution is 6.36. The third-order valence-corrected chi connectivity index (χ3v) is 5.51. The number of hydrogen-bond donors (Lipinski definition) is 1. The summed E-state index contributed by atoms with van der Waals surface area (Å²) >= 11 is 12.3. The van der Waals surface area contributed by atoms with E-state index in [1.807, 2.05) is 45.0 Å². The number of rotatable bonds is 4. The standard InChI is InChI=1S/C24H20Cl2N2O3/c1-12-7-14(3)21-20(8-12)28-24(31-21)15-6-5-13(2)19(9-15)27-23(29)17-10-16(25)11-18(26)22(17)30-4/h5-11H,1-4H3,(H,27,29). The number of nitrogens with one attached hydrogen (secondary N) is 1. The average molecular weight is 455 g/mol. The summed E-state index contributed by atoms with van der Waals surface area (Å²) in [6, 6.07) is 12.7. The summed E-state index contributed by atoms with van der Waals surface area (Å²) in [6.07, 6.45) is 0. The van der Waals surface area contributed by atoms with Crippen LogP contribution >= 0.6 is 23.2 Å². The second-order valence-electron chi connectivity index (χ2n) is 7.40. The molecule has 0 saturated heterocycles. The Morgan fingerprint density at radius 2 is 1.81 bits per heavy atom. The first-order valence-corrected chi connectivity index (χ1v) is 10.4. The van der Waals surface area contributed by atoms with Crippen LogP contribution in [0.1, 0.15) is 27.0 Å². The molecule has 158 valence electrons. The molecule has 1 heterocycles. The molecule has 0 unspecified atom stereocenters. The van der Waals surface area contributed by atoms with Gasteiger partial charge in [0.05, 0.1) is 17.7 Å². The molecule has 0 fully saturated rings. The molecular formula is C24H20Cl2N2O3. The average Bonchev–Trinajstić information content (AvgIpc) is 3.13. The van der Waals surface area contributed by atoms with Crippen LogP contribution in [0.3, 0.4) is 0 Å². The van der Waals surface area contributed by atoms with E-state index in [4.69, 9.17) is 32.4 Å². The number of carbonyl (C=O) groups is 1. The quantitative estimate of drug-likeness (QED) is 0.360. The van der Waals surface area contributed by atoms with E-state index in [0.717, 1.165) is 33.4 Å². The van der Waals surface area contributed by atoms with Crippen molar-refractivity contribution < 1.29 is 13.9 Å². The van der Waals surface area contributed by atoms with Crippen molar-refractivity contribution in [2.24, 2.45) is 0 Å². The number of halogens is 2. The fraction of sp³-hybridized carbons (Fsp3) is 0.167. The highest BCUT2D eigenvalue weighted by Crippen LogP contribution is 2.34. The SMILES string of the molecule is COc1c(Cl)cc(Cl)cc1C(=O)Nc1cc(-c2nc3cc(C)cc(C)c3o2)ccc1C. The number of hydrogen-bond acceptors (Lipinski definition) is 4. The van der Waals surface area contributed by atoms with E-state index in [-0.39, 0.29) is 22.2 Å². The van der Waals surface area contributed by atoms with E-state index in [2.05, 4.69) is 16.4 Å². The lowest BCUT2D eigenvalue weighted by atomic mass is 10.1. The second-order valence-corrected chi connectivity index (χ2v) is 8.24. The van der Waals surface area contributed by atoms with E-state index >= 15 is 0 Å². The van der Waals surface area contributed by atoms with Gasteiger partial charge in [-0.05, 0) is 67.8 Å². The van der Waals surface area contributed by atoms with Gasteiger partial charge >= 0.3 is 0 Å². The minimum absolute atomic E-state index is 0.248. The lowest BCUT2D eigenvalue weighted by Crippen LogP contribution is -2.14. The number of aromatic nitrogens is 1. The van der Waals surface area contributed by atoms with Crippen LogP contribution in [-0.4, -0.2) is 18.0 Å². The van der Waals surface area contributed by atoms with Crippen molar-refractivity contribution in [3.05, 3.63) is 74.8 Å². The van der Waals surface area contributed by atoms with Gasteiger partial charge in [-0.1, -0.05) is 35.3 Å². The fourth-order valence-electron chi connectivity index (χ4n) is 3.52. The lowest BCUT2D eigenvalue weighted by Gasteiger charge is -2.13. The number of benzene rings is 3. The Labute approximate surface area is 189 Å². The number of anilines is 1.